The molecule has 1 heterocycles. The second kappa shape index (κ2) is 10.4. The van der Waals surface area contributed by atoms with Crippen LogP contribution in [-0.4, -0.2) is 42.4 Å². The Bertz CT molecular complexity index is 1460. The van der Waals surface area contributed by atoms with E-state index < -0.39 is 11.4 Å². The smallest absolute Gasteiger partial charge is 0.266 e. The summed E-state index contributed by atoms with van der Waals surface area (Å²) >= 11 is 6.99. The summed E-state index contributed by atoms with van der Waals surface area (Å²) in [4.78, 5) is 31.1. The predicted octanol–water partition coefficient (Wildman–Crippen LogP) is 5.18. The Morgan fingerprint density at radius 1 is 1.00 bits per heavy atom. The molecule has 0 saturated carbocycles. The van der Waals surface area contributed by atoms with Crippen LogP contribution >= 0.6 is 23.4 Å². The SMILES string of the molecule is COc1cc2c(=O)n(-c3ccc(F)cc3)c(SCC(=O)c3ccc(Cl)cc3)nc2c(OC)c1OC. The molecule has 4 aromatic rings. The lowest BCUT2D eigenvalue weighted by Gasteiger charge is -2.17. The Balaban J connectivity index is 1.89. The lowest BCUT2D eigenvalue weighted by atomic mass is 10.1. The number of Topliss-reactive ketones (excluding diaryl/α,β-unsaturated/α-hetero) is 1. The number of methoxy groups -OCH3 is 3. The summed E-state index contributed by atoms with van der Waals surface area (Å²) in [5, 5.41) is 0.950. The van der Waals surface area contributed by atoms with Crippen molar-refractivity contribution in [3.8, 4) is 22.9 Å². The molecular formula is C25H20ClFN2O5S. The molecule has 0 spiro atoms. The van der Waals surface area contributed by atoms with Gasteiger partial charge in [-0.05, 0) is 54.6 Å². The number of benzene rings is 3. The molecule has 0 radical (unpaired) electrons. The largest absolute Gasteiger partial charge is 0.493 e. The number of nitrogens with zero attached hydrogens (tertiary/aromatic N) is 2. The number of hydrogen-bond donors (Lipinski definition) is 0. The molecule has 10 heteroatoms. The molecule has 7 nitrogen and oxygen atoms in total. The van der Waals surface area contributed by atoms with Crippen molar-refractivity contribution in [3.63, 3.8) is 0 Å². The molecule has 0 aliphatic heterocycles. The number of halogens is 2. The van der Waals surface area contributed by atoms with E-state index in [1.807, 2.05) is 0 Å². The predicted molar refractivity (Wildman–Crippen MR) is 133 cm³/mol. The number of ketones is 1. The van der Waals surface area contributed by atoms with Crippen LogP contribution in [0.3, 0.4) is 0 Å². The Morgan fingerprint density at radius 2 is 1.66 bits per heavy atom. The summed E-state index contributed by atoms with van der Waals surface area (Å²) in [5.74, 6) is 0.163. The van der Waals surface area contributed by atoms with Crippen LogP contribution in [-0.2, 0) is 0 Å². The molecule has 3 aromatic carbocycles. The zero-order valence-corrected chi connectivity index (χ0v) is 20.6. The molecular weight excluding hydrogens is 495 g/mol. The molecule has 0 saturated heterocycles. The number of carbonyl (C=O) groups is 1. The van der Waals surface area contributed by atoms with E-state index in [1.165, 1.54) is 56.2 Å². The van der Waals surface area contributed by atoms with Crippen LogP contribution in [0.1, 0.15) is 10.4 Å². The molecule has 4 rings (SSSR count). The van der Waals surface area contributed by atoms with Crippen molar-refractivity contribution in [2.24, 2.45) is 0 Å². The van der Waals surface area contributed by atoms with Gasteiger partial charge in [-0.1, -0.05) is 23.4 Å². The van der Waals surface area contributed by atoms with Gasteiger partial charge in [0.15, 0.2) is 22.4 Å². The van der Waals surface area contributed by atoms with Gasteiger partial charge in [0.05, 0.1) is 38.2 Å². The standard InChI is InChI=1S/C25H20ClFN2O5S/c1-32-20-12-18-21(23(34-3)22(20)33-2)28-25(29(24(18)31)17-10-8-16(27)9-11-17)35-13-19(30)14-4-6-15(26)7-5-14/h4-12H,13H2,1-3H3. The molecule has 0 bridgehead atoms. The maximum atomic E-state index is 13.7. The van der Waals surface area contributed by atoms with Crippen LogP contribution in [0.15, 0.2) is 64.5 Å². The summed E-state index contributed by atoms with van der Waals surface area (Å²) < 4.78 is 31.2. The van der Waals surface area contributed by atoms with Gasteiger partial charge in [0.2, 0.25) is 5.75 Å². The lowest BCUT2D eigenvalue weighted by Crippen LogP contribution is -2.22. The van der Waals surface area contributed by atoms with E-state index >= 15 is 0 Å². The molecule has 0 unspecified atom stereocenters. The normalized spacial score (nSPS) is 10.9. The first kappa shape index (κ1) is 24.6. The fourth-order valence-electron chi connectivity index (χ4n) is 3.53. The minimum Gasteiger partial charge on any atom is -0.493 e. The van der Waals surface area contributed by atoms with Crippen molar-refractivity contribution < 1.29 is 23.4 Å². The van der Waals surface area contributed by atoms with Crippen molar-refractivity contribution in [1.82, 2.24) is 9.55 Å². The van der Waals surface area contributed by atoms with Gasteiger partial charge in [-0.15, -0.1) is 0 Å². The number of fused-ring (bicyclic) bond motifs is 1. The first-order chi connectivity index (χ1) is 16.9. The highest BCUT2D eigenvalue weighted by molar-refractivity contribution is 7.99. The van der Waals surface area contributed by atoms with Gasteiger partial charge in [-0.25, -0.2) is 9.37 Å². The number of hydrogen-bond acceptors (Lipinski definition) is 7. The molecule has 35 heavy (non-hydrogen) atoms. The van der Waals surface area contributed by atoms with E-state index in [2.05, 4.69) is 4.98 Å². The van der Waals surface area contributed by atoms with Crippen LogP contribution in [0, 0.1) is 5.82 Å². The Kier molecular flexibility index (Phi) is 7.28. The van der Waals surface area contributed by atoms with Gasteiger partial charge in [0.25, 0.3) is 5.56 Å². The zero-order valence-electron chi connectivity index (χ0n) is 19.0. The summed E-state index contributed by atoms with van der Waals surface area (Å²) in [6.07, 6.45) is 0. The van der Waals surface area contributed by atoms with E-state index in [-0.39, 0.29) is 39.1 Å². The van der Waals surface area contributed by atoms with Crippen LogP contribution < -0.4 is 19.8 Å². The highest BCUT2D eigenvalue weighted by Gasteiger charge is 2.23. The van der Waals surface area contributed by atoms with Gasteiger partial charge in [-0.2, -0.15) is 0 Å². The Hall–Kier alpha value is -3.56. The number of ether oxygens (including phenoxy) is 3. The van der Waals surface area contributed by atoms with Gasteiger partial charge >= 0.3 is 0 Å². The fourth-order valence-corrected chi connectivity index (χ4v) is 4.56. The topological polar surface area (TPSA) is 79.7 Å². The third-order valence-electron chi connectivity index (χ3n) is 5.22. The zero-order chi connectivity index (χ0) is 25.1. The van der Waals surface area contributed by atoms with Crippen molar-refractivity contribution in [3.05, 3.63) is 81.4 Å². The minimum atomic E-state index is -0.448. The average Bonchev–Trinajstić information content (AvgIpc) is 2.87. The number of carbonyl (C=O) groups excluding carboxylic acids is 1. The Labute approximate surface area is 209 Å². The molecule has 0 atom stereocenters. The molecule has 0 aliphatic rings. The summed E-state index contributed by atoms with van der Waals surface area (Å²) in [6, 6.07) is 13.5. The fraction of sp³-hybridized carbons (Fsp3) is 0.160. The van der Waals surface area contributed by atoms with E-state index in [4.69, 9.17) is 25.8 Å². The van der Waals surface area contributed by atoms with Crippen LogP contribution in [0.5, 0.6) is 17.2 Å². The maximum Gasteiger partial charge on any atom is 0.266 e. The molecule has 0 aliphatic carbocycles. The van der Waals surface area contributed by atoms with Crippen molar-refractivity contribution in [2.45, 2.75) is 5.16 Å². The van der Waals surface area contributed by atoms with Gasteiger partial charge in [-0.3, -0.25) is 14.2 Å². The van der Waals surface area contributed by atoms with Crippen LogP contribution in [0.25, 0.3) is 16.6 Å². The third-order valence-corrected chi connectivity index (χ3v) is 6.41. The lowest BCUT2D eigenvalue weighted by molar-refractivity contribution is 0.102. The summed E-state index contributed by atoms with van der Waals surface area (Å²) in [5.41, 5.74) is 0.667. The van der Waals surface area contributed by atoms with Crippen molar-refractivity contribution in [1.29, 1.82) is 0 Å². The Morgan fingerprint density at radius 3 is 2.26 bits per heavy atom. The van der Waals surface area contributed by atoms with Crippen LogP contribution in [0.2, 0.25) is 5.02 Å². The van der Waals surface area contributed by atoms with Crippen molar-refractivity contribution in [2.75, 3.05) is 27.1 Å². The second-order valence-corrected chi connectivity index (χ2v) is 8.65. The average molecular weight is 515 g/mol. The van der Waals surface area contributed by atoms with E-state index in [1.54, 1.807) is 24.3 Å². The minimum absolute atomic E-state index is 0.00359. The summed E-state index contributed by atoms with van der Waals surface area (Å²) in [7, 11) is 4.33. The number of rotatable bonds is 8. The monoisotopic (exact) mass is 514 g/mol. The van der Waals surface area contributed by atoms with Crippen molar-refractivity contribution >= 4 is 40.0 Å². The highest BCUT2D eigenvalue weighted by Crippen LogP contribution is 2.42. The van der Waals surface area contributed by atoms with Gasteiger partial charge in [0.1, 0.15) is 11.3 Å². The first-order valence-electron chi connectivity index (χ1n) is 10.3. The number of aromatic nitrogens is 2. The molecule has 0 fully saturated rings. The summed E-state index contributed by atoms with van der Waals surface area (Å²) in [6.45, 7) is 0. The van der Waals surface area contributed by atoms with Gasteiger partial charge in [0, 0.05) is 10.6 Å². The van der Waals surface area contributed by atoms with E-state index in [0.717, 1.165) is 11.8 Å². The highest BCUT2D eigenvalue weighted by atomic mass is 35.5. The van der Waals surface area contributed by atoms with Crippen LogP contribution in [0.4, 0.5) is 4.39 Å². The molecule has 0 N–H and O–H groups in total. The second-order valence-electron chi connectivity index (χ2n) is 7.27. The number of thioether (sulfide) groups is 1. The first-order valence-corrected chi connectivity index (χ1v) is 11.7. The maximum absolute atomic E-state index is 13.7. The molecule has 0 amide bonds. The van der Waals surface area contributed by atoms with Gasteiger partial charge < -0.3 is 14.2 Å². The van der Waals surface area contributed by atoms with E-state index in [9.17, 15) is 14.0 Å². The molecule has 180 valence electrons. The third kappa shape index (κ3) is 4.82. The quantitative estimate of drug-likeness (QED) is 0.182. The van der Waals surface area contributed by atoms with E-state index in [0.29, 0.717) is 22.0 Å². The molecule has 1 aromatic heterocycles.